The topological polar surface area (TPSA) is 77.2 Å². The summed E-state index contributed by atoms with van der Waals surface area (Å²) < 4.78 is 7.22. The lowest BCUT2D eigenvalue weighted by Gasteiger charge is -2.09. The molecule has 7 heteroatoms. The van der Waals surface area contributed by atoms with E-state index in [1.54, 1.807) is 6.33 Å². The van der Waals surface area contributed by atoms with Crippen molar-refractivity contribution < 1.29 is 14.6 Å². The minimum Gasteiger partial charge on any atom is -0.481 e. The summed E-state index contributed by atoms with van der Waals surface area (Å²) in [6.45, 7) is 2.51. The van der Waals surface area contributed by atoms with Gasteiger partial charge in [-0.25, -0.2) is 0 Å². The van der Waals surface area contributed by atoms with Crippen molar-refractivity contribution in [2.45, 2.75) is 24.5 Å². The van der Waals surface area contributed by atoms with Crippen molar-refractivity contribution in [3.05, 3.63) is 6.33 Å². The molecule has 0 saturated carbocycles. The molecule has 17 heavy (non-hydrogen) atoms. The largest absolute Gasteiger partial charge is 0.481 e. The van der Waals surface area contributed by atoms with Gasteiger partial charge in [0.2, 0.25) is 0 Å². The third-order valence-electron chi connectivity index (χ3n) is 2.71. The highest BCUT2D eigenvalue weighted by atomic mass is 32.2. The summed E-state index contributed by atoms with van der Waals surface area (Å²) >= 11 is 1.20. The van der Waals surface area contributed by atoms with Crippen molar-refractivity contribution in [1.82, 2.24) is 14.8 Å². The number of thioether (sulfide) groups is 1. The number of aliphatic carboxylic acids is 1. The summed E-state index contributed by atoms with van der Waals surface area (Å²) in [4.78, 5) is 10.5. The number of aryl methyl sites for hydroxylation is 1. The van der Waals surface area contributed by atoms with Gasteiger partial charge in [-0.15, -0.1) is 10.2 Å². The van der Waals surface area contributed by atoms with Crippen LogP contribution in [-0.2, 0) is 16.1 Å². The minimum absolute atomic E-state index is 0.0191. The van der Waals surface area contributed by atoms with Crippen LogP contribution in [0.3, 0.4) is 0 Å². The molecular weight excluding hydrogens is 242 g/mol. The molecule has 0 amide bonds. The van der Waals surface area contributed by atoms with Gasteiger partial charge >= 0.3 is 5.97 Å². The SMILES string of the molecule is O=C(O)CSc1nncn1CCC1CCOC1. The molecule has 0 spiro atoms. The second kappa shape index (κ2) is 6.02. The number of hydrogen-bond donors (Lipinski definition) is 1. The molecule has 1 aromatic rings. The van der Waals surface area contributed by atoms with E-state index in [2.05, 4.69) is 10.2 Å². The molecule has 1 aliphatic rings. The molecule has 1 aromatic heterocycles. The molecule has 1 fully saturated rings. The van der Waals surface area contributed by atoms with E-state index in [4.69, 9.17) is 9.84 Å². The smallest absolute Gasteiger partial charge is 0.313 e. The Bertz CT molecular complexity index is 377. The highest BCUT2D eigenvalue weighted by Gasteiger charge is 2.16. The standard InChI is InChI=1S/C10H15N3O3S/c14-9(15)6-17-10-12-11-7-13(10)3-1-8-2-4-16-5-8/h7-8H,1-6H2,(H,14,15). The Morgan fingerprint density at radius 2 is 2.59 bits per heavy atom. The first-order valence-corrected chi connectivity index (χ1v) is 6.54. The maximum atomic E-state index is 10.5. The van der Waals surface area contributed by atoms with Gasteiger partial charge in [-0.05, 0) is 18.8 Å². The number of carboxylic acid groups (broad SMARTS) is 1. The summed E-state index contributed by atoms with van der Waals surface area (Å²) in [5.74, 6) is -0.214. The summed E-state index contributed by atoms with van der Waals surface area (Å²) in [5, 5.41) is 17.0. The monoisotopic (exact) mass is 257 g/mol. The van der Waals surface area contributed by atoms with Gasteiger partial charge in [-0.3, -0.25) is 4.79 Å². The second-order valence-electron chi connectivity index (χ2n) is 4.01. The highest BCUT2D eigenvalue weighted by Crippen LogP contribution is 2.19. The van der Waals surface area contributed by atoms with Crippen LogP contribution in [0, 0.1) is 5.92 Å². The normalized spacial score (nSPS) is 19.6. The van der Waals surface area contributed by atoms with Gasteiger partial charge in [0.1, 0.15) is 6.33 Å². The third-order valence-corrected chi connectivity index (χ3v) is 3.67. The number of nitrogens with zero attached hydrogens (tertiary/aromatic N) is 3. The number of hydrogen-bond acceptors (Lipinski definition) is 5. The minimum atomic E-state index is -0.839. The van der Waals surface area contributed by atoms with E-state index in [0.717, 1.165) is 32.6 Å². The number of carbonyl (C=O) groups is 1. The van der Waals surface area contributed by atoms with Gasteiger partial charge in [-0.2, -0.15) is 0 Å². The molecule has 2 heterocycles. The second-order valence-corrected chi connectivity index (χ2v) is 4.95. The van der Waals surface area contributed by atoms with Gasteiger partial charge in [0.15, 0.2) is 5.16 Å². The molecule has 1 N–H and O–H groups in total. The molecule has 0 aliphatic carbocycles. The molecule has 1 saturated heterocycles. The zero-order valence-corrected chi connectivity index (χ0v) is 10.2. The predicted molar refractivity (Wildman–Crippen MR) is 61.9 cm³/mol. The van der Waals surface area contributed by atoms with E-state index >= 15 is 0 Å². The van der Waals surface area contributed by atoms with Gasteiger partial charge in [0.25, 0.3) is 0 Å². The van der Waals surface area contributed by atoms with Crippen LogP contribution in [0.4, 0.5) is 0 Å². The summed E-state index contributed by atoms with van der Waals surface area (Å²) in [7, 11) is 0. The summed E-state index contributed by atoms with van der Waals surface area (Å²) in [6.07, 6.45) is 3.79. The number of aromatic nitrogens is 3. The number of carboxylic acids is 1. The quantitative estimate of drug-likeness (QED) is 0.762. The maximum Gasteiger partial charge on any atom is 0.313 e. The molecule has 0 bridgehead atoms. The Balaban J connectivity index is 1.82. The molecule has 1 atom stereocenters. The van der Waals surface area contributed by atoms with Gasteiger partial charge in [0, 0.05) is 19.8 Å². The molecule has 0 radical (unpaired) electrons. The first kappa shape index (κ1) is 12.4. The van der Waals surface area contributed by atoms with Gasteiger partial charge in [0.05, 0.1) is 5.75 Å². The van der Waals surface area contributed by atoms with Crippen molar-refractivity contribution in [2.75, 3.05) is 19.0 Å². The fourth-order valence-electron chi connectivity index (χ4n) is 1.77. The predicted octanol–water partition coefficient (Wildman–Crippen LogP) is 0.881. The first-order chi connectivity index (χ1) is 8.25. The zero-order chi connectivity index (χ0) is 12.1. The van der Waals surface area contributed by atoms with Crippen molar-refractivity contribution in [3.8, 4) is 0 Å². The Labute approximate surface area is 103 Å². The van der Waals surface area contributed by atoms with Crippen LogP contribution in [-0.4, -0.2) is 44.8 Å². The lowest BCUT2D eigenvalue weighted by Crippen LogP contribution is -2.07. The van der Waals surface area contributed by atoms with Crippen molar-refractivity contribution in [1.29, 1.82) is 0 Å². The average Bonchev–Trinajstić information content (AvgIpc) is 2.95. The molecule has 6 nitrogen and oxygen atoms in total. The third kappa shape index (κ3) is 3.71. The van der Waals surface area contributed by atoms with Crippen LogP contribution in [0.15, 0.2) is 11.5 Å². The molecule has 2 rings (SSSR count). The summed E-state index contributed by atoms with van der Waals surface area (Å²) in [6, 6.07) is 0. The van der Waals surface area contributed by atoms with Crippen LogP contribution in [0.25, 0.3) is 0 Å². The van der Waals surface area contributed by atoms with E-state index in [1.807, 2.05) is 4.57 Å². The van der Waals surface area contributed by atoms with Crippen molar-refractivity contribution in [2.24, 2.45) is 5.92 Å². The zero-order valence-electron chi connectivity index (χ0n) is 9.41. The van der Waals surface area contributed by atoms with E-state index < -0.39 is 5.97 Å². The molecule has 0 aromatic carbocycles. The van der Waals surface area contributed by atoms with Crippen LogP contribution in [0.5, 0.6) is 0 Å². The van der Waals surface area contributed by atoms with Crippen LogP contribution in [0.2, 0.25) is 0 Å². The molecule has 1 aliphatic heterocycles. The molecular formula is C10H15N3O3S. The van der Waals surface area contributed by atoms with E-state index in [-0.39, 0.29) is 5.75 Å². The first-order valence-electron chi connectivity index (χ1n) is 5.56. The van der Waals surface area contributed by atoms with E-state index in [0.29, 0.717) is 11.1 Å². The average molecular weight is 257 g/mol. The Morgan fingerprint density at radius 3 is 3.29 bits per heavy atom. The Kier molecular flexibility index (Phi) is 4.38. The van der Waals surface area contributed by atoms with Crippen LogP contribution < -0.4 is 0 Å². The fraction of sp³-hybridized carbons (Fsp3) is 0.700. The van der Waals surface area contributed by atoms with Crippen LogP contribution >= 0.6 is 11.8 Å². The van der Waals surface area contributed by atoms with Gasteiger partial charge in [-0.1, -0.05) is 11.8 Å². The highest BCUT2D eigenvalue weighted by molar-refractivity contribution is 7.99. The summed E-state index contributed by atoms with van der Waals surface area (Å²) in [5.41, 5.74) is 0. The van der Waals surface area contributed by atoms with Crippen LogP contribution in [0.1, 0.15) is 12.8 Å². The maximum absolute atomic E-state index is 10.5. The molecule has 1 unspecified atom stereocenters. The lowest BCUT2D eigenvalue weighted by molar-refractivity contribution is -0.133. The van der Waals surface area contributed by atoms with Crippen molar-refractivity contribution in [3.63, 3.8) is 0 Å². The molecule has 94 valence electrons. The lowest BCUT2D eigenvalue weighted by atomic mass is 10.1. The number of rotatable bonds is 6. The van der Waals surface area contributed by atoms with E-state index in [9.17, 15) is 4.79 Å². The Morgan fingerprint density at radius 1 is 1.71 bits per heavy atom. The number of ether oxygens (including phenoxy) is 1. The van der Waals surface area contributed by atoms with Gasteiger partial charge < -0.3 is 14.4 Å². The van der Waals surface area contributed by atoms with E-state index in [1.165, 1.54) is 11.8 Å². The Hall–Kier alpha value is -1.08. The van der Waals surface area contributed by atoms with Crippen molar-refractivity contribution >= 4 is 17.7 Å². The fourth-order valence-corrected chi connectivity index (χ4v) is 2.43.